The van der Waals surface area contributed by atoms with Gasteiger partial charge in [0.25, 0.3) is 0 Å². The lowest BCUT2D eigenvalue weighted by Crippen LogP contribution is -2.39. The lowest BCUT2D eigenvalue weighted by molar-refractivity contribution is -0.131. The highest BCUT2D eigenvalue weighted by Gasteiger charge is 2.17. The molecular weight excluding hydrogens is 182 g/mol. The van der Waals surface area contributed by atoms with Gasteiger partial charge in [0.2, 0.25) is 5.91 Å². The zero-order valence-corrected chi connectivity index (χ0v) is 9.40. The molecule has 0 aromatic heterocycles. The Bertz CT molecular complexity index is 203. The molecule has 0 aromatic carbocycles. The van der Waals surface area contributed by atoms with E-state index in [2.05, 4.69) is 19.7 Å². The SMILES string of the molecule is C=S1CCN(C(=O)CC(C)C)CC1. The summed E-state index contributed by atoms with van der Waals surface area (Å²) in [6, 6.07) is 0. The third-order valence-electron chi connectivity index (χ3n) is 2.24. The van der Waals surface area contributed by atoms with Gasteiger partial charge in [-0.2, -0.15) is 10.5 Å². The fraction of sp³-hybridized carbons (Fsp3) is 0.800. The minimum absolute atomic E-state index is 0.316. The topological polar surface area (TPSA) is 20.3 Å². The van der Waals surface area contributed by atoms with Crippen LogP contribution in [0.15, 0.2) is 0 Å². The number of amides is 1. The Balaban J connectivity index is 2.35. The third kappa shape index (κ3) is 3.51. The van der Waals surface area contributed by atoms with E-state index in [0.29, 0.717) is 28.7 Å². The van der Waals surface area contributed by atoms with Crippen LogP contribution < -0.4 is 0 Å². The average Bonchev–Trinajstić information content (AvgIpc) is 2.04. The molecule has 0 atom stereocenters. The normalized spacial score (nSPS) is 19.5. The summed E-state index contributed by atoms with van der Waals surface area (Å²) in [5.41, 5.74) is 0. The quantitative estimate of drug-likeness (QED) is 0.621. The molecule has 1 aliphatic heterocycles. The van der Waals surface area contributed by atoms with E-state index in [1.807, 2.05) is 4.90 Å². The van der Waals surface area contributed by atoms with Crippen molar-refractivity contribution < 1.29 is 4.79 Å². The van der Waals surface area contributed by atoms with Gasteiger partial charge in [-0.1, -0.05) is 19.7 Å². The summed E-state index contributed by atoms with van der Waals surface area (Å²) in [6.45, 7) is 6.04. The van der Waals surface area contributed by atoms with Crippen LogP contribution in [-0.4, -0.2) is 41.3 Å². The summed E-state index contributed by atoms with van der Waals surface area (Å²) in [7, 11) is 0.316. The lowest BCUT2D eigenvalue weighted by atomic mass is 10.1. The van der Waals surface area contributed by atoms with E-state index >= 15 is 0 Å². The molecule has 0 aromatic rings. The van der Waals surface area contributed by atoms with Crippen LogP contribution in [0.4, 0.5) is 0 Å². The summed E-state index contributed by atoms with van der Waals surface area (Å²) < 4.78 is 0. The van der Waals surface area contributed by atoms with Crippen molar-refractivity contribution >= 4 is 22.3 Å². The number of nitrogens with zero attached hydrogens (tertiary/aromatic N) is 1. The maximum Gasteiger partial charge on any atom is 0.222 e. The van der Waals surface area contributed by atoms with Crippen molar-refractivity contribution in [1.29, 1.82) is 0 Å². The van der Waals surface area contributed by atoms with Gasteiger partial charge >= 0.3 is 0 Å². The molecule has 0 bridgehead atoms. The molecule has 1 rings (SSSR count). The maximum atomic E-state index is 11.6. The Morgan fingerprint density at radius 3 is 2.46 bits per heavy atom. The number of carbonyl (C=O) groups excluding carboxylic acids is 1. The second kappa shape index (κ2) is 4.80. The van der Waals surface area contributed by atoms with Crippen molar-refractivity contribution in [3.8, 4) is 0 Å². The van der Waals surface area contributed by atoms with Gasteiger partial charge in [0, 0.05) is 31.0 Å². The number of hydrogen-bond acceptors (Lipinski definition) is 1. The zero-order chi connectivity index (χ0) is 9.84. The molecule has 1 amide bonds. The predicted octanol–water partition coefficient (Wildman–Crippen LogP) is 1.58. The Kier molecular flexibility index (Phi) is 3.97. The standard InChI is InChI=1S/C10H19NOS/c1-9(2)8-10(12)11-4-6-13(3)7-5-11/h9H,3-8H2,1-2H3. The fourth-order valence-electron chi connectivity index (χ4n) is 1.42. The highest BCUT2D eigenvalue weighted by atomic mass is 32.2. The molecule has 1 saturated heterocycles. The molecule has 1 heterocycles. The summed E-state index contributed by atoms with van der Waals surface area (Å²) in [5.74, 6) is 7.05. The minimum atomic E-state index is 0.316. The van der Waals surface area contributed by atoms with Gasteiger partial charge in [0.05, 0.1) is 0 Å². The first kappa shape index (κ1) is 10.8. The van der Waals surface area contributed by atoms with Crippen molar-refractivity contribution in [2.45, 2.75) is 20.3 Å². The van der Waals surface area contributed by atoms with E-state index in [9.17, 15) is 4.79 Å². The zero-order valence-electron chi connectivity index (χ0n) is 8.58. The average molecular weight is 201 g/mol. The third-order valence-corrected chi connectivity index (χ3v) is 3.76. The highest BCUT2D eigenvalue weighted by molar-refractivity contribution is 8.14. The molecule has 76 valence electrons. The summed E-state index contributed by atoms with van der Waals surface area (Å²) in [4.78, 5) is 13.6. The van der Waals surface area contributed by atoms with E-state index in [-0.39, 0.29) is 0 Å². The van der Waals surface area contributed by atoms with Crippen LogP contribution in [0, 0.1) is 5.92 Å². The molecule has 0 saturated carbocycles. The predicted molar refractivity (Wildman–Crippen MR) is 60.5 cm³/mol. The minimum Gasteiger partial charge on any atom is -0.341 e. The van der Waals surface area contributed by atoms with Crippen molar-refractivity contribution in [3.63, 3.8) is 0 Å². The summed E-state index contributed by atoms with van der Waals surface area (Å²) in [5, 5.41) is 0. The van der Waals surface area contributed by atoms with Crippen LogP contribution in [0.2, 0.25) is 0 Å². The molecule has 0 radical (unpaired) electrons. The highest BCUT2D eigenvalue weighted by Crippen LogP contribution is 2.16. The second-order valence-electron chi connectivity index (χ2n) is 4.00. The lowest BCUT2D eigenvalue weighted by Gasteiger charge is -2.29. The van der Waals surface area contributed by atoms with Gasteiger partial charge in [-0.25, -0.2) is 0 Å². The van der Waals surface area contributed by atoms with Crippen molar-refractivity contribution in [1.82, 2.24) is 4.90 Å². The van der Waals surface area contributed by atoms with Gasteiger partial charge in [-0.3, -0.25) is 4.79 Å². The number of hydrogen-bond donors (Lipinski definition) is 0. The first-order valence-electron chi connectivity index (χ1n) is 4.84. The van der Waals surface area contributed by atoms with Crippen LogP contribution in [-0.2, 0) is 4.79 Å². The first-order valence-corrected chi connectivity index (χ1v) is 6.57. The molecule has 0 N–H and O–H groups in total. The van der Waals surface area contributed by atoms with Crippen molar-refractivity contribution in [2.75, 3.05) is 24.6 Å². The Hall–Kier alpha value is -0.310. The van der Waals surface area contributed by atoms with Crippen LogP contribution in [0.25, 0.3) is 0 Å². The van der Waals surface area contributed by atoms with Gasteiger partial charge in [0.15, 0.2) is 0 Å². The van der Waals surface area contributed by atoms with Crippen LogP contribution in [0.3, 0.4) is 0 Å². The van der Waals surface area contributed by atoms with Gasteiger partial charge in [0.1, 0.15) is 0 Å². The van der Waals surface area contributed by atoms with Crippen LogP contribution in [0.5, 0.6) is 0 Å². The molecule has 2 nitrogen and oxygen atoms in total. The smallest absolute Gasteiger partial charge is 0.222 e. The van der Waals surface area contributed by atoms with E-state index in [1.54, 1.807) is 0 Å². The Morgan fingerprint density at radius 2 is 2.00 bits per heavy atom. The molecule has 0 aliphatic carbocycles. The van der Waals surface area contributed by atoms with E-state index in [1.165, 1.54) is 0 Å². The van der Waals surface area contributed by atoms with Gasteiger partial charge < -0.3 is 4.90 Å². The van der Waals surface area contributed by atoms with Crippen LogP contribution >= 0.6 is 10.5 Å². The molecular formula is C10H19NOS. The first-order chi connectivity index (χ1) is 6.09. The van der Waals surface area contributed by atoms with Crippen molar-refractivity contribution in [3.05, 3.63) is 0 Å². The summed E-state index contributed by atoms with van der Waals surface area (Å²) >= 11 is 0. The summed E-state index contributed by atoms with van der Waals surface area (Å²) in [6.07, 6.45) is 0.699. The van der Waals surface area contributed by atoms with E-state index < -0.39 is 0 Å². The van der Waals surface area contributed by atoms with E-state index in [0.717, 1.165) is 24.6 Å². The fourth-order valence-corrected chi connectivity index (χ4v) is 2.58. The molecule has 1 aliphatic rings. The molecule has 13 heavy (non-hydrogen) atoms. The number of rotatable bonds is 2. The monoisotopic (exact) mass is 201 g/mol. The van der Waals surface area contributed by atoms with Crippen LogP contribution in [0.1, 0.15) is 20.3 Å². The van der Waals surface area contributed by atoms with Gasteiger partial charge in [-0.05, 0) is 5.92 Å². The largest absolute Gasteiger partial charge is 0.341 e. The number of carbonyl (C=O) groups is 1. The molecule has 1 fully saturated rings. The Morgan fingerprint density at radius 1 is 1.46 bits per heavy atom. The second-order valence-corrected chi connectivity index (χ2v) is 6.04. The molecule has 0 spiro atoms. The molecule has 0 unspecified atom stereocenters. The van der Waals surface area contributed by atoms with E-state index in [4.69, 9.17) is 0 Å². The Labute approximate surface area is 83.2 Å². The maximum absolute atomic E-state index is 11.6. The molecule has 3 heteroatoms. The van der Waals surface area contributed by atoms with Gasteiger partial charge in [-0.15, -0.1) is 0 Å². The van der Waals surface area contributed by atoms with Crippen molar-refractivity contribution in [2.24, 2.45) is 5.92 Å².